The van der Waals surface area contributed by atoms with E-state index in [1.165, 1.54) is 9.08 Å². The van der Waals surface area contributed by atoms with E-state index in [0.29, 0.717) is 29.8 Å². The third-order valence-corrected chi connectivity index (χ3v) is 4.52. The first kappa shape index (κ1) is 17.2. The molecule has 0 fully saturated rings. The molecule has 4 aromatic rings. The van der Waals surface area contributed by atoms with Gasteiger partial charge in [0.25, 0.3) is 0 Å². The summed E-state index contributed by atoms with van der Waals surface area (Å²) in [4.78, 5) is 19.3. The van der Waals surface area contributed by atoms with Gasteiger partial charge >= 0.3 is 5.69 Å². The van der Waals surface area contributed by atoms with Crippen LogP contribution in [0.15, 0.2) is 35.3 Å². The van der Waals surface area contributed by atoms with Gasteiger partial charge in [-0.25, -0.2) is 18.6 Å². The number of aromatic nitrogens is 6. The number of rotatable bonds is 5. The summed E-state index contributed by atoms with van der Waals surface area (Å²) in [6.45, 7) is 3.88. The van der Waals surface area contributed by atoms with E-state index in [1.54, 1.807) is 10.9 Å². The minimum atomic E-state index is -0.306. The Balaban J connectivity index is 1.82. The van der Waals surface area contributed by atoms with E-state index in [0.717, 1.165) is 17.7 Å². The molecule has 0 aliphatic carbocycles. The molecule has 1 aromatic carbocycles. The first-order chi connectivity index (χ1) is 12.9. The maximum Gasteiger partial charge on any atom is 0.353 e. The van der Waals surface area contributed by atoms with Crippen molar-refractivity contribution in [3.8, 4) is 0 Å². The van der Waals surface area contributed by atoms with Crippen molar-refractivity contribution in [3.05, 3.63) is 52.1 Å². The number of nitrogens with zero attached hydrogens (tertiary/aromatic N) is 7. The van der Waals surface area contributed by atoms with E-state index >= 15 is 0 Å². The molecule has 9 heteroatoms. The number of hydrogen-bond acceptors (Lipinski definition) is 6. The average Bonchev–Trinajstić information content (AvgIpc) is 3.15. The van der Waals surface area contributed by atoms with Crippen molar-refractivity contribution in [2.24, 2.45) is 0 Å². The van der Waals surface area contributed by atoms with Gasteiger partial charge in [-0.05, 0) is 26.6 Å². The van der Waals surface area contributed by atoms with Crippen molar-refractivity contribution in [1.82, 2.24) is 33.8 Å². The molecule has 27 heavy (non-hydrogen) atoms. The van der Waals surface area contributed by atoms with Crippen molar-refractivity contribution in [1.29, 1.82) is 0 Å². The van der Waals surface area contributed by atoms with E-state index in [4.69, 9.17) is 5.73 Å². The molecule has 0 aliphatic rings. The van der Waals surface area contributed by atoms with Gasteiger partial charge in [0.05, 0.1) is 24.7 Å². The number of fused-ring (bicyclic) bond motifs is 3. The normalized spacial score (nSPS) is 11.9. The first-order valence-corrected chi connectivity index (χ1v) is 8.75. The summed E-state index contributed by atoms with van der Waals surface area (Å²) in [5.74, 6) is 0.115. The van der Waals surface area contributed by atoms with Crippen molar-refractivity contribution in [2.45, 2.75) is 20.0 Å². The fraction of sp³-hybridized carbons (Fsp3) is 0.333. The van der Waals surface area contributed by atoms with E-state index in [2.05, 4.69) is 20.1 Å². The highest BCUT2D eigenvalue weighted by atomic mass is 16.2. The molecule has 0 saturated carbocycles. The maximum absolute atomic E-state index is 12.8. The second-order valence-electron chi connectivity index (χ2n) is 6.97. The summed E-state index contributed by atoms with van der Waals surface area (Å²) in [5.41, 5.74) is 9.03. The molecule has 3 aromatic heterocycles. The molecule has 0 amide bonds. The van der Waals surface area contributed by atoms with Crippen LogP contribution in [0.3, 0.4) is 0 Å². The Morgan fingerprint density at radius 1 is 1.19 bits per heavy atom. The number of hydrogen-bond donors (Lipinski definition) is 1. The predicted molar refractivity (Wildman–Crippen MR) is 104 cm³/mol. The van der Waals surface area contributed by atoms with E-state index in [-0.39, 0.29) is 11.6 Å². The number of aryl methyl sites for hydroxylation is 1. The average molecular weight is 366 g/mol. The zero-order valence-corrected chi connectivity index (χ0v) is 15.6. The standard InChI is InChI=1S/C18H22N8O/c1-12-5-4-6-13(9-12)11-25-18(27)26-16(22-25)14-10-20-24(8-7-23(2)3)15(14)21-17(26)19/h4-6,9-10H,7-8,11H2,1-3H3,(H2,19,21). The highest BCUT2D eigenvalue weighted by molar-refractivity contribution is 5.89. The third kappa shape index (κ3) is 3.06. The highest BCUT2D eigenvalue weighted by Crippen LogP contribution is 2.18. The number of nitrogens with two attached hydrogens (primary N) is 1. The molecule has 0 unspecified atom stereocenters. The van der Waals surface area contributed by atoms with Gasteiger partial charge in [0, 0.05) is 6.54 Å². The summed E-state index contributed by atoms with van der Waals surface area (Å²) in [6.07, 6.45) is 1.69. The molecule has 9 nitrogen and oxygen atoms in total. The lowest BCUT2D eigenvalue weighted by Crippen LogP contribution is -2.23. The van der Waals surface area contributed by atoms with Gasteiger partial charge in [-0.2, -0.15) is 10.1 Å². The fourth-order valence-corrected chi connectivity index (χ4v) is 3.15. The minimum Gasteiger partial charge on any atom is -0.369 e. The van der Waals surface area contributed by atoms with Crippen molar-refractivity contribution in [2.75, 3.05) is 26.4 Å². The Morgan fingerprint density at radius 2 is 2.00 bits per heavy atom. The summed E-state index contributed by atoms with van der Waals surface area (Å²) < 4.78 is 4.55. The molecule has 0 aliphatic heterocycles. The van der Waals surface area contributed by atoms with Gasteiger partial charge in [0.15, 0.2) is 11.3 Å². The second-order valence-corrected chi connectivity index (χ2v) is 6.97. The molecule has 0 spiro atoms. The van der Waals surface area contributed by atoms with E-state index in [9.17, 15) is 4.79 Å². The summed E-state index contributed by atoms with van der Waals surface area (Å²) in [5, 5.41) is 9.63. The topological polar surface area (TPSA) is 99.3 Å². The van der Waals surface area contributed by atoms with Crippen LogP contribution in [0.25, 0.3) is 16.7 Å². The summed E-state index contributed by atoms with van der Waals surface area (Å²) in [6, 6.07) is 7.99. The van der Waals surface area contributed by atoms with Gasteiger partial charge < -0.3 is 10.6 Å². The minimum absolute atomic E-state index is 0.115. The lowest BCUT2D eigenvalue weighted by molar-refractivity contribution is 0.376. The highest BCUT2D eigenvalue weighted by Gasteiger charge is 2.17. The lowest BCUT2D eigenvalue weighted by Gasteiger charge is -2.09. The molecule has 0 saturated heterocycles. The molecule has 0 bridgehead atoms. The van der Waals surface area contributed by atoms with Crippen LogP contribution in [0.5, 0.6) is 0 Å². The Kier molecular flexibility index (Phi) is 4.15. The molecule has 4 rings (SSSR count). The Labute approximate surface area is 155 Å². The van der Waals surface area contributed by atoms with Crippen LogP contribution < -0.4 is 11.4 Å². The van der Waals surface area contributed by atoms with Crippen LogP contribution in [0.2, 0.25) is 0 Å². The van der Waals surface area contributed by atoms with Crippen molar-refractivity contribution in [3.63, 3.8) is 0 Å². The lowest BCUT2D eigenvalue weighted by atomic mass is 10.1. The number of anilines is 1. The van der Waals surface area contributed by atoms with Crippen molar-refractivity contribution < 1.29 is 0 Å². The van der Waals surface area contributed by atoms with Crippen molar-refractivity contribution >= 4 is 22.6 Å². The Morgan fingerprint density at radius 3 is 2.74 bits per heavy atom. The largest absolute Gasteiger partial charge is 0.369 e. The summed E-state index contributed by atoms with van der Waals surface area (Å²) in [7, 11) is 4.00. The molecule has 3 heterocycles. The third-order valence-electron chi connectivity index (χ3n) is 4.52. The molecule has 2 N–H and O–H groups in total. The van der Waals surface area contributed by atoms with Crippen LogP contribution in [0.1, 0.15) is 11.1 Å². The van der Waals surface area contributed by atoms with Gasteiger partial charge in [0.1, 0.15) is 0 Å². The first-order valence-electron chi connectivity index (χ1n) is 8.75. The quantitative estimate of drug-likeness (QED) is 0.559. The predicted octanol–water partition coefficient (Wildman–Crippen LogP) is 0.741. The molecule has 0 atom stereocenters. The zero-order chi connectivity index (χ0) is 19.1. The molecule has 0 radical (unpaired) electrons. The van der Waals surface area contributed by atoms with Crippen LogP contribution in [-0.2, 0) is 13.1 Å². The van der Waals surface area contributed by atoms with Crippen LogP contribution >= 0.6 is 0 Å². The Hall–Kier alpha value is -3.20. The van der Waals surface area contributed by atoms with Crippen LogP contribution in [0, 0.1) is 6.92 Å². The SMILES string of the molecule is Cc1cccc(Cn2nc3c4cnn(CCN(C)C)c4nc(N)n3c2=O)c1. The van der Waals surface area contributed by atoms with Gasteiger partial charge in [-0.15, -0.1) is 5.10 Å². The van der Waals surface area contributed by atoms with Gasteiger partial charge in [-0.1, -0.05) is 29.8 Å². The maximum atomic E-state index is 12.8. The molecule has 140 valence electrons. The fourth-order valence-electron chi connectivity index (χ4n) is 3.15. The van der Waals surface area contributed by atoms with Crippen LogP contribution in [0.4, 0.5) is 5.95 Å². The molecular weight excluding hydrogens is 344 g/mol. The number of nitrogen functional groups attached to an aromatic ring is 1. The summed E-state index contributed by atoms with van der Waals surface area (Å²) >= 11 is 0. The van der Waals surface area contributed by atoms with E-state index in [1.807, 2.05) is 45.3 Å². The van der Waals surface area contributed by atoms with E-state index < -0.39 is 0 Å². The smallest absolute Gasteiger partial charge is 0.353 e. The van der Waals surface area contributed by atoms with Gasteiger partial charge in [-0.3, -0.25) is 0 Å². The number of likely N-dealkylation sites (N-methyl/N-ethyl adjacent to an activating group) is 1. The van der Waals surface area contributed by atoms with Gasteiger partial charge in [0.2, 0.25) is 5.95 Å². The monoisotopic (exact) mass is 366 g/mol. The van der Waals surface area contributed by atoms with Crippen LogP contribution in [-0.4, -0.2) is 54.5 Å². The zero-order valence-electron chi connectivity index (χ0n) is 15.6. The molecular formula is C18H22N8O. The Bertz CT molecular complexity index is 1180. The number of benzene rings is 1. The second kappa shape index (κ2) is 6.51.